The Hall–Kier alpha value is -6.97. The first-order chi connectivity index (χ1) is 26.8. The number of aromatic nitrogens is 1. The van der Waals surface area contributed by atoms with E-state index >= 15 is 0 Å². The summed E-state index contributed by atoms with van der Waals surface area (Å²) < 4.78 is 6.40. The van der Waals surface area contributed by atoms with Gasteiger partial charge >= 0.3 is 0 Å². The molecule has 0 spiro atoms. The molecule has 8 aromatic carbocycles. The van der Waals surface area contributed by atoms with E-state index in [1.165, 1.54) is 44.5 Å². The smallest absolute Gasteiger partial charge is 0.227 e. The van der Waals surface area contributed by atoms with Crippen molar-refractivity contribution in [2.75, 3.05) is 4.90 Å². The molecule has 10 rings (SSSR count). The molecule has 0 bridgehead atoms. The van der Waals surface area contributed by atoms with Gasteiger partial charge in [-0.25, -0.2) is 4.98 Å². The van der Waals surface area contributed by atoms with E-state index in [0.29, 0.717) is 5.89 Å². The van der Waals surface area contributed by atoms with Gasteiger partial charge in [-0.2, -0.15) is 0 Å². The average Bonchev–Trinajstić information content (AvgIpc) is 3.70. The third-order valence-electron chi connectivity index (χ3n) is 10.7. The average molecular weight is 693 g/mol. The summed E-state index contributed by atoms with van der Waals surface area (Å²) in [6.07, 6.45) is 6.45. The number of hydrogen-bond acceptors (Lipinski definition) is 3. The van der Waals surface area contributed by atoms with Gasteiger partial charge in [0, 0.05) is 28.0 Å². The third kappa shape index (κ3) is 5.77. The van der Waals surface area contributed by atoms with Crippen molar-refractivity contribution < 1.29 is 4.42 Å². The van der Waals surface area contributed by atoms with Gasteiger partial charge < -0.3 is 9.32 Å². The predicted octanol–water partition coefficient (Wildman–Crippen LogP) is 14.0. The minimum atomic E-state index is 0.649. The Labute approximate surface area is 314 Å². The molecular weight excluding hydrogens is 657 g/mol. The molecule has 0 atom stereocenters. The van der Waals surface area contributed by atoms with Crippen LogP contribution in [-0.4, -0.2) is 4.98 Å². The number of fused-ring (bicyclic) bond motifs is 4. The summed E-state index contributed by atoms with van der Waals surface area (Å²) >= 11 is 0. The summed E-state index contributed by atoms with van der Waals surface area (Å²) in [6, 6.07) is 64.6. The molecule has 0 aliphatic heterocycles. The molecular formula is C51H36N2O. The summed E-state index contributed by atoms with van der Waals surface area (Å²) in [4.78, 5) is 7.45. The normalized spacial score (nSPS) is 12.9. The van der Waals surface area contributed by atoms with E-state index in [0.717, 1.165) is 57.0 Å². The minimum absolute atomic E-state index is 0.649. The zero-order chi connectivity index (χ0) is 35.8. The van der Waals surface area contributed by atoms with Crippen LogP contribution >= 0.6 is 0 Å². The second-order valence-electron chi connectivity index (χ2n) is 13.9. The molecule has 1 aromatic heterocycles. The Morgan fingerprint density at radius 2 is 0.963 bits per heavy atom. The number of oxazole rings is 1. The standard InChI is InChI=1S/C51H36N2O/c1-3-11-35(12-4-1)37-19-26-41(27-20-37)53(42-28-21-38(22-29-42)36-13-5-2-6-14-36)43-30-23-40(24-31-43)44-32-33-48(47-18-10-9-17-46(44)47)51-52-50-45-16-8-7-15-39(45)25-34-49(50)54-51/h1-23,25-30,32-34H,24,31H2. The van der Waals surface area contributed by atoms with Crippen LogP contribution in [0.2, 0.25) is 0 Å². The largest absolute Gasteiger partial charge is 0.436 e. The fraction of sp³-hybridized carbons (Fsp3) is 0.0392. The highest BCUT2D eigenvalue weighted by molar-refractivity contribution is 6.06. The predicted molar refractivity (Wildman–Crippen MR) is 226 cm³/mol. The van der Waals surface area contributed by atoms with Crippen LogP contribution in [0.3, 0.4) is 0 Å². The SMILES string of the molecule is C1=C(c2ccc(-c3nc4c(ccc5ccccc54)o3)c3ccccc23)CCC(N(c2ccc(-c3ccccc3)cc2)c2ccc(-c3ccccc3)cc2)=C1. The Kier molecular flexibility index (Phi) is 7.96. The molecule has 1 aliphatic rings. The number of hydrogen-bond donors (Lipinski definition) is 0. The molecule has 256 valence electrons. The summed E-state index contributed by atoms with van der Waals surface area (Å²) in [5.41, 5.74) is 13.7. The Balaban J connectivity index is 1.02. The van der Waals surface area contributed by atoms with Crippen LogP contribution < -0.4 is 4.90 Å². The summed E-state index contributed by atoms with van der Waals surface area (Å²) in [7, 11) is 0. The Bertz CT molecular complexity index is 2770. The van der Waals surface area contributed by atoms with Crippen molar-refractivity contribution in [3.63, 3.8) is 0 Å². The lowest BCUT2D eigenvalue weighted by Crippen LogP contribution is -2.17. The Morgan fingerprint density at radius 3 is 1.57 bits per heavy atom. The van der Waals surface area contributed by atoms with Crippen LogP contribution in [0.1, 0.15) is 18.4 Å². The van der Waals surface area contributed by atoms with E-state index in [1.54, 1.807) is 0 Å². The molecule has 3 nitrogen and oxygen atoms in total. The first-order valence-corrected chi connectivity index (χ1v) is 18.6. The molecule has 9 aromatic rings. The molecule has 1 heterocycles. The molecule has 0 N–H and O–H groups in total. The van der Waals surface area contributed by atoms with Crippen LogP contribution in [0.15, 0.2) is 204 Å². The maximum Gasteiger partial charge on any atom is 0.227 e. The number of allylic oxidation sites excluding steroid dienone is 4. The van der Waals surface area contributed by atoms with Crippen molar-refractivity contribution in [1.82, 2.24) is 4.98 Å². The lowest BCUT2D eigenvalue weighted by atomic mass is 9.89. The van der Waals surface area contributed by atoms with Gasteiger partial charge in [-0.3, -0.25) is 0 Å². The topological polar surface area (TPSA) is 29.3 Å². The van der Waals surface area contributed by atoms with Gasteiger partial charge in [0.2, 0.25) is 5.89 Å². The van der Waals surface area contributed by atoms with E-state index in [2.05, 4.69) is 193 Å². The number of anilines is 2. The van der Waals surface area contributed by atoms with Crippen LogP contribution in [0.25, 0.3) is 71.9 Å². The zero-order valence-electron chi connectivity index (χ0n) is 29.7. The van der Waals surface area contributed by atoms with Crippen molar-refractivity contribution in [3.05, 3.63) is 205 Å². The van der Waals surface area contributed by atoms with Gasteiger partial charge in [-0.15, -0.1) is 0 Å². The van der Waals surface area contributed by atoms with Gasteiger partial charge in [0.1, 0.15) is 5.52 Å². The monoisotopic (exact) mass is 692 g/mol. The molecule has 0 amide bonds. The first kappa shape index (κ1) is 31.7. The van der Waals surface area contributed by atoms with Crippen LogP contribution in [0.5, 0.6) is 0 Å². The summed E-state index contributed by atoms with van der Waals surface area (Å²) in [5, 5.41) is 4.61. The van der Waals surface area contributed by atoms with Crippen LogP contribution in [0, 0.1) is 0 Å². The molecule has 0 saturated heterocycles. The van der Waals surface area contributed by atoms with Crippen molar-refractivity contribution in [2.24, 2.45) is 0 Å². The molecule has 0 fully saturated rings. The third-order valence-corrected chi connectivity index (χ3v) is 10.7. The maximum atomic E-state index is 6.40. The van der Waals surface area contributed by atoms with Gasteiger partial charge in [-0.05, 0) is 105 Å². The fourth-order valence-corrected chi connectivity index (χ4v) is 7.93. The summed E-state index contributed by atoms with van der Waals surface area (Å²) in [5.74, 6) is 0.649. The van der Waals surface area contributed by atoms with E-state index in [9.17, 15) is 0 Å². The Morgan fingerprint density at radius 1 is 0.426 bits per heavy atom. The van der Waals surface area contributed by atoms with E-state index < -0.39 is 0 Å². The van der Waals surface area contributed by atoms with Gasteiger partial charge in [-0.1, -0.05) is 152 Å². The van der Waals surface area contributed by atoms with Crippen LogP contribution in [-0.2, 0) is 0 Å². The maximum absolute atomic E-state index is 6.40. The van der Waals surface area contributed by atoms with E-state index in [4.69, 9.17) is 9.40 Å². The molecule has 54 heavy (non-hydrogen) atoms. The highest BCUT2D eigenvalue weighted by Crippen LogP contribution is 2.41. The van der Waals surface area contributed by atoms with Gasteiger partial charge in [0.25, 0.3) is 0 Å². The van der Waals surface area contributed by atoms with Crippen molar-refractivity contribution in [3.8, 4) is 33.7 Å². The highest BCUT2D eigenvalue weighted by atomic mass is 16.3. The second kappa shape index (κ2) is 13.5. The summed E-state index contributed by atoms with van der Waals surface area (Å²) in [6.45, 7) is 0. The first-order valence-electron chi connectivity index (χ1n) is 18.6. The van der Waals surface area contributed by atoms with E-state index in [-0.39, 0.29) is 0 Å². The van der Waals surface area contributed by atoms with Crippen molar-refractivity contribution >= 4 is 49.6 Å². The minimum Gasteiger partial charge on any atom is -0.436 e. The molecule has 1 aliphatic carbocycles. The van der Waals surface area contributed by atoms with Crippen LogP contribution in [0.4, 0.5) is 11.4 Å². The number of nitrogens with zero attached hydrogens (tertiary/aromatic N) is 2. The molecule has 0 unspecified atom stereocenters. The fourth-order valence-electron chi connectivity index (χ4n) is 7.93. The number of benzene rings is 8. The quantitative estimate of drug-likeness (QED) is 0.166. The molecule has 0 radical (unpaired) electrons. The van der Waals surface area contributed by atoms with Gasteiger partial charge in [0.05, 0.1) is 0 Å². The lowest BCUT2D eigenvalue weighted by molar-refractivity contribution is 0.620. The van der Waals surface area contributed by atoms with Gasteiger partial charge in [0.15, 0.2) is 5.58 Å². The zero-order valence-corrected chi connectivity index (χ0v) is 29.7. The van der Waals surface area contributed by atoms with Crippen molar-refractivity contribution in [2.45, 2.75) is 12.8 Å². The van der Waals surface area contributed by atoms with E-state index in [1.807, 2.05) is 6.07 Å². The number of rotatable bonds is 7. The molecule has 0 saturated carbocycles. The highest BCUT2D eigenvalue weighted by Gasteiger charge is 2.21. The molecule has 3 heteroatoms. The van der Waals surface area contributed by atoms with Crippen molar-refractivity contribution in [1.29, 1.82) is 0 Å². The lowest BCUT2D eigenvalue weighted by Gasteiger charge is -2.30. The second-order valence-corrected chi connectivity index (χ2v) is 13.9.